The van der Waals surface area contributed by atoms with Gasteiger partial charge < -0.3 is 9.80 Å². The Morgan fingerprint density at radius 2 is 1.86 bits per heavy atom. The lowest BCUT2D eigenvalue weighted by Crippen LogP contribution is -2.73. The van der Waals surface area contributed by atoms with Gasteiger partial charge in [0.2, 0.25) is 0 Å². The predicted octanol–water partition coefficient (Wildman–Crippen LogP) is 2.91. The van der Waals surface area contributed by atoms with E-state index in [-0.39, 0.29) is 23.2 Å². The van der Waals surface area contributed by atoms with Gasteiger partial charge in [0, 0.05) is 32.1 Å². The van der Waals surface area contributed by atoms with E-state index < -0.39 is 0 Å². The van der Waals surface area contributed by atoms with Crippen molar-refractivity contribution in [3.05, 3.63) is 47.8 Å². The molecule has 1 aromatic carbocycles. The lowest BCUT2D eigenvalue weighted by Gasteiger charge is -2.76. The van der Waals surface area contributed by atoms with Gasteiger partial charge >= 0.3 is 6.03 Å². The second-order valence-corrected chi connectivity index (χ2v) is 9.37. The van der Waals surface area contributed by atoms with Crippen LogP contribution in [0.5, 0.6) is 0 Å². The lowest BCUT2D eigenvalue weighted by atomic mass is 9.30. The van der Waals surface area contributed by atoms with Crippen LogP contribution in [-0.2, 0) is 5.41 Å². The number of hydrogen-bond donors (Lipinski definition) is 1. The van der Waals surface area contributed by atoms with Crippen LogP contribution in [0.25, 0.3) is 0 Å². The molecule has 0 unspecified atom stereocenters. The van der Waals surface area contributed by atoms with Crippen molar-refractivity contribution in [2.24, 2.45) is 11.3 Å². The highest BCUT2D eigenvalue weighted by atomic mass is 19.1. The molecule has 3 heterocycles. The zero-order valence-corrected chi connectivity index (χ0v) is 15.8. The van der Waals surface area contributed by atoms with Crippen molar-refractivity contribution in [2.45, 2.75) is 37.0 Å². The molecule has 0 radical (unpaired) electrons. The first-order valence-corrected chi connectivity index (χ1v) is 10.2. The van der Waals surface area contributed by atoms with Crippen molar-refractivity contribution in [2.75, 3.05) is 26.2 Å². The molecule has 5 fully saturated rings. The first kappa shape index (κ1) is 16.5. The minimum atomic E-state index is -0.161. The van der Waals surface area contributed by atoms with Gasteiger partial charge in [0.1, 0.15) is 18.0 Å². The van der Waals surface area contributed by atoms with E-state index >= 15 is 0 Å². The normalized spacial score (nSPS) is 34.0. The molecule has 7 rings (SSSR count). The summed E-state index contributed by atoms with van der Waals surface area (Å²) in [4.78, 5) is 21.0. The number of likely N-dealkylation sites (tertiary alicyclic amines) is 2. The third-order valence-electron chi connectivity index (χ3n) is 7.83. The van der Waals surface area contributed by atoms with Gasteiger partial charge in [0.05, 0.1) is 0 Å². The number of H-pyrrole nitrogens is 1. The van der Waals surface area contributed by atoms with Gasteiger partial charge in [0.25, 0.3) is 0 Å². The molecule has 7 heteroatoms. The number of carbonyl (C=O) groups is 1. The number of benzene rings is 1. The molecule has 6 nitrogen and oxygen atoms in total. The monoisotopic (exact) mass is 381 g/mol. The van der Waals surface area contributed by atoms with Gasteiger partial charge in [-0.15, -0.1) is 0 Å². The highest BCUT2D eigenvalue weighted by Gasteiger charge is 2.72. The summed E-state index contributed by atoms with van der Waals surface area (Å²) >= 11 is 0. The SMILES string of the molecule is O=C(N1CC(C23CC(c4ccc(F)cc4)(C2)C3)C1)N1CC[C@H](c2ncn[nH]2)C1. The standard InChI is InChI=1S/C21H24FN5O/c22-17-3-1-15(2-4-17)20-10-21(11-20,12-20)16-8-27(9-16)19(28)26-6-5-14(7-26)18-23-13-24-25-18/h1-4,13-14,16H,5-12H2,(H,23,24,25)/t14-,20?,21?/m0/s1. The topological polar surface area (TPSA) is 65.1 Å². The molecule has 2 bridgehead atoms. The highest BCUT2D eigenvalue weighted by molar-refractivity contribution is 5.76. The maximum absolute atomic E-state index is 13.2. The number of hydrogen-bond acceptors (Lipinski definition) is 3. The van der Waals surface area contributed by atoms with Gasteiger partial charge in [-0.25, -0.2) is 14.2 Å². The van der Waals surface area contributed by atoms with Crippen LogP contribution in [-0.4, -0.2) is 57.2 Å². The molecule has 2 saturated heterocycles. The Hall–Kier alpha value is -2.44. The van der Waals surface area contributed by atoms with Crippen molar-refractivity contribution >= 4 is 6.03 Å². The molecule has 2 aromatic rings. The van der Waals surface area contributed by atoms with Crippen molar-refractivity contribution in [1.82, 2.24) is 25.0 Å². The van der Waals surface area contributed by atoms with Gasteiger partial charge in [-0.2, -0.15) is 5.10 Å². The summed E-state index contributed by atoms with van der Waals surface area (Å²) < 4.78 is 13.2. The summed E-state index contributed by atoms with van der Waals surface area (Å²) in [7, 11) is 0. The second kappa shape index (κ2) is 5.55. The molecule has 28 heavy (non-hydrogen) atoms. The Morgan fingerprint density at radius 1 is 1.11 bits per heavy atom. The first-order chi connectivity index (χ1) is 13.6. The number of nitrogens with zero attached hydrogens (tertiary/aromatic N) is 4. The van der Waals surface area contributed by atoms with Crippen LogP contribution in [0.2, 0.25) is 0 Å². The van der Waals surface area contributed by atoms with Crippen molar-refractivity contribution in [3.8, 4) is 0 Å². The number of nitrogens with one attached hydrogen (secondary N) is 1. The average Bonchev–Trinajstić information content (AvgIpc) is 3.26. The number of amides is 2. The Labute approximate surface area is 163 Å². The van der Waals surface area contributed by atoms with Crippen LogP contribution in [0.4, 0.5) is 9.18 Å². The summed E-state index contributed by atoms with van der Waals surface area (Å²) in [6.45, 7) is 3.31. The van der Waals surface area contributed by atoms with E-state index in [1.165, 1.54) is 31.2 Å². The fourth-order valence-corrected chi connectivity index (χ4v) is 6.20. The van der Waals surface area contributed by atoms with Crippen molar-refractivity contribution in [1.29, 1.82) is 0 Å². The van der Waals surface area contributed by atoms with Crippen LogP contribution in [0.3, 0.4) is 0 Å². The van der Waals surface area contributed by atoms with Crippen molar-refractivity contribution < 1.29 is 9.18 Å². The summed E-state index contributed by atoms with van der Waals surface area (Å²) in [5.41, 5.74) is 2.01. The van der Waals surface area contributed by atoms with Crippen LogP contribution < -0.4 is 0 Å². The minimum absolute atomic E-state index is 0.161. The van der Waals surface area contributed by atoms with E-state index in [0.29, 0.717) is 11.3 Å². The Kier molecular flexibility index (Phi) is 3.27. The molecule has 2 aliphatic heterocycles. The van der Waals surface area contributed by atoms with Gasteiger partial charge in [-0.1, -0.05) is 12.1 Å². The molecule has 2 amide bonds. The molecular weight excluding hydrogens is 357 g/mol. The molecule has 1 N–H and O–H groups in total. The third-order valence-corrected chi connectivity index (χ3v) is 7.83. The second-order valence-electron chi connectivity index (χ2n) is 9.37. The number of urea groups is 1. The lowest BCUT2D eigenvalue weighted by molar-refractivity contribution is -0.206. The Morgan fingerprint density at radius 3 is 2.54 bits per heavy atom. The molecule has 0 spiro atoms. The fourth-order valence-electron chi connectivity index (χ4n) is 6.20. The molecule has 3 saturated carbocycles. The first-order valence-electron chi connectivity index (χ1n) is 10.2. The van der Waals surface area contributed by atoms with E-state index in [9.17, 15) is 9.18 Å². The maximum atomic E-state index is 13.2. The van der Waals surface area contributed by atoms with E-state index in [1.807, 2.05) is 21.9 Å². The van der Waals surface area contributed by atoms with Crippen LogP contribution in [0, 0.1) is 17.2 Å². The predicted molar refractivity (Wildman–Crippen MR) is 100 cm³/mol. The van der Waals surface area contributed by atoms with E-state index in [4.69, 9.17) is 0 Å². The van der Waals surface area contributed by atoms with Crippen LogP contribution >= 0.6 is 0 Å². The zero-order valence-electron chi connectivity index (χ0n) is 15.8. The van der Waals surface area contributed by atoms with Gasteiger partial charge in [0.15, 0.2) is 0 Å². The Bertz CT molecular complexity index is 886. The van der Waals surface area contributed by atoms with Crippen LogP contribution in [0.15, 0.2) is 30.6 Å². The zero-order chi connectivity index (χ0) is 18.9. The van der Waals surface area contributed by atoms with Crippen molar-refractivity contribution in [3.63, 3.8) is 0 Å². The minimum Gasteiger partial charge on any atom is -0.324 e. The summed E-state index contributed by atoms with van der Waals surface area (Å²) in [6.07, 6.45) is 6.09. The van der Waals surface area contributed by atoms with E-state index in [0.717, 1.165) is 38.4 Å². The van der Waals surface area contributed by atoms with E-state index in [2.05, 4.69) is 15.2 Å². The molecule has 146 valence electrons. The molecule has 1 atom stereocenters. The van der Waals surface area contributed by atoms with Gasteiger partial charge in [-0.3, -0.25) is 5.10 Å². The highest BCUT2D eigenvalue weighted by Crippen LogP contribution is 2.77. The maximum Gasteiger partial charge on any atom is 0.320 e. The molecule has 3 aliphatic carbocycles. The van der Waals surface area contributed by atoms with Crippen LogP contribution in [0.1, 0.15) is 43.0 Å². The largest absolute Gasteiger partial charge is 0.324 e. The number of aromatic nitrogens is 3. The van der Waals surface area contributed by atoms with E-state index in [1.54, 1.807) is 12.1 Å². The number of rotatable bonds is 3. The number of halogens is 1. The molecule has 1 aromatic heterocycles. The smallest absolute Gasteiger partial charge is 0.320 e. The average molecular weight is 381 g/mol. The molecular formula is C21H24FN5O. The summed E-state index contributed by atoms with van der Waals surface area (Å²) in [5.74, 6) is 1.63. The number of aromatic amines is 1. The summed E-state index contributed by atoms with van der Waals surface area (Å²) in [6, 6.07) is 7.24. The third kappa shape index (κ3) is 2.22. The number of carbonyl (C=O) groups excluding carboxylic acids is 1. The Balaban J connectivity index is 1.03. The summed E-state index contributed by atoms with van der Waals surface area (Å²) in [5, 5.41) is 6.85. The quantitative estimate of drug-likeness (QED) is 0.889. The molecule has 5 aliphatic rings. The van der Waals surface area contributed by atoms with Gasteiger partial charge in [-0.05, 0) is 60.1 Å². The fraction of sp³-hybridized carbons (Fsp3) is 0.571.